The number of rotatable bonds is 5. The molecule has 0 spiro atoms. The molecule has 0 rings (SSSR count). The van der Waals surface area contributed by atoms with Crippen molar-refractivity contribution in [1.82, 2.24) is 4.90 Å². The summed E-state index contributed by atoms with van der Waals surface area (Å²) in [4.78, 5) is 2.08. The summed E-state index contributed by atoms with van der Waals surface area (Å²) in [5.41, 5.74) is 0. The van der Waals surface area contributed by atoms with E-state index in [1.165, 1.54) is 0 Å². The number of nitriles is 1. The van der Waals surface area contributed by atoms with Crippen molar-refractivity contribution in [2.45, 2.75) is 6.42 Å². The van der Waals surface area contributed by atoms with E-state index in [0.717, 1.165) is 19.7 Å². The minimum Gasteiger partial charge on any atom is -0.383 e. The van der Waals surface area contributed by atoms with E-state index in [0.29, 0.717) is 6.42 Å². The topological polar surface area (TPSA) is 36.3 Å². The van der Waals surface area contributed by atoms with Gasteiger partial charge in [0.15, 0.2) is 0 Å². The SMILES string of the molecule is COCCN(C)CCC#N. The average Bonchev–Trinajstić information content (AvgIpc) is 1.97. The lowest BCUT2D eigenvalue weighted by atomic mass is 10.4. The molecular formula is C7H14N2O. The highest BCUT2D eigenvalue weighted by Crippen LogP contribution is 1.84. The zero-order chi connectivity index (χ0) is 7.82. The molecule has 0 radical (unpaired) electrons. The highest BCUT2D eigenvalue weighted by Gasteiger charge is 1.94. The maximum atomic E-state index is 8.23. The van der Waals surface area contributed by atoms with Crippen molar-refractivity contribution in [3.63, 3.8) is 0 Å². The van der Waals surface area contributed by atoms with Gasteiger partial charge in [0.1, 0.15) is 0 Å². The van der Waals surface area contributed by atoms with Crippen LogP contribution in [0, 0.1) is 11.3 Å². The molecule has 58 valence electrons. The molecule has 0 aromatic rings. The van der Waals surface area contributed by atoms with Gasteiger partial charge in [-0.15, -0.1) is 0 Å². The van der Waals surface area contributed by atoms with E-state index in [2.05, 4.69) is 11.0 Å². The molecule has 0 saturated heterocycles. The summed E-state index contributed by atoms with van der Waals surface area (Å²) in [5, 5.41) is 8.23. The minimum absolute atomic E-state index is 0.597. The molecule has 0 aromatic carbocycles. The first-order chi connectivity index (χ1) is 4.81. The Bertz CT molecular complexity index is 109. The third kappa shape index (κ3) is 5.54. The number of methoxy groups -OCH3 is 1. The van der Waals surface area contributed by atoms with Crippen LogP contribution in [0.3, 0.4) is 0 Å². The van der Waals surface area contributed by atoms with Gasteiger partial charge in [-0.3, -0.25) is 0 Å². The Kier molecular flexibility index (Phi) is 6.14. The lowest BCUT2D eigenvalue weighted by Gasteiger charge is -2.12. The fourth-order valence-electron chi connectivity index (χ4n) is 0.600. The standard InChI is InChI=1S/C7H14N2O/c1-9(5-3-4-8)6-7-10-2/h3,5-7H2,1-2H3. The van der Waals surface area contributed by atoms with Crippen LogP contribution in [-0.2, 0) is 4.74 Å². The van der Waals surface area contributed by atoms with Crippen LogP contribution >= 0.6 is 0 Å². The molecule has 3 nitrogen and oxygen atoms in total. The number of hydrogen-bond acceptors (Lipinski definition) is 3. The first-order valence-corrected chi connectivity index (χ1v) is 3.35. The third-order valence-electron chi connectivity index (χ3n) is 1.28. The molecule has 0 aromatic heterocycles. The van der Waals surface area contributed by atoms with Crippen molar-refractivity contribution in [3.8, 4) is 6.07 Å². The Labute approximate surface area is 62.2 Å². The zero-order valence-corrected chi connectivity index (χ0v) is 6.63. The van der Waals surface area contributed by atoms with Crippen LogP contribution in [0.25, 0.3) is 0 Å². The Hall–Kier alpha value is -0.590. The Morgan fingerprint density at radius 1 is 1.50 bits per heavy atom. The van der Waals surface area contributed by atoms with Gasteiger partial charge >= 0.3 is 0 Å². The normalized spacial score (nSPS) is 9.80. The lowest BCUT2D eigenvalue weighted by Crippen LogP contribution is -2.23. The Morgan fingerprint density at radius 2 is 2.20 bits per heavy atom. The van der Waals surface area contributed by atoms with Gasteiger partial charge in [0.2, 0.25) is 0 Å². The van der Waals surface area contributed by atoms with Crippen molar-refractivity contribution in [2.75, 3.05) is 33.9 Å². The van der Waals surface area contributed by atoms with E-state index in [9.17, 15) is 0 Å². The molecule has 3 heteroatoms. The number of ether oxygens (including phenoxy) is 1. The smallest absolute Gasteiger partial charge is 0.0635 e. The van der Waals surface area contributed by atoms with Crippen LogP contribution in [0.15, 0.2) is 0 Å². The van der Waals surface area contributed by atoms with E-state index in [4.69, 9.17) is 10.00 Å². The maximum Gasteiger partial charge on any atom is 0.0635 e. The van der Waals surface area contributed by atoms with Crippen molar-refractivity contribution in [3.05, 3.63) is 0 Å². The van der Waals surface area contributed by atoms with Crippen LogP contribution in [0.2, 0.25) is 0 Å². The molecule has 0 saturated carbocycles. The van der Waals surface area contributed by atoms with Gasteiger partial charge < -0.3 is 9.64 Å². The first-order valence-electron chi connectivity index (χ1n) is 3.35. The summed E-state index contributed by atoms with van der Waals surface area (Å²) in [6, 6.07) is 2.09. The summed E-state index contributed by atoms with van der Waals surface area (Å²) < 4.78 is 4.87. The predicted octanol–water partition coefficient (Wildman–Crippen LogP) is 0.478. The summed E-state index contributed by atoms with van der Waals surface area (Å²) in [7, 11) is 3.66. The van der Waals surface area contributed by atoms with E-state index in [-0.39, 0.29) is 0 Å². The lowest BCUT2D eigenvalue weighted by molar-refractivity contribution is 0.162. The van der Waals surface area contributed by atoms with Gasteiger partial charge in [-0.1, -0.05) is 0 Å². The second-order valence-electron chi connectivity index (χ2n) is 2.20. The third-order valence-corrected chi connectivity index (χ3v) is 1.28. The van der Waals surface area contributed by atoms with Crippen LogP contribution in [0.5, 0.6) is 0 Å². The largest absolute Gasteiger partial charge is 0.383 e. The molecule has 10 heavy (non-hydrogen) atoms. The van der Waals surface area contributed by atoms with Gasteiger partial charge in [0, 0.05) is 26.6 Å². The molecule has 0 unspecified atom stereocenters. The molecule has 0 heterocycles. The molecule has 0 atom stereocenters. The second-order valence-corrected chi connectivity index (χ2v) is 2.20. The van der Waals surface area contributed by atoms with Crippen LogP contribution in [-0.4, -0.2) is 38.8 Å². The molecule has 0 fully saturated rings. The first kappa shape index (κ1) is 9.41. The fraction of sp³-hybridized carbons (Fsp3) is 0.857. The van der Waals surface area contributed by atoms with E-state index >= 15 is 0 Å². The highest BCUT2D eigenvalue weighted by atomic mass is 16.5. The second kappa shape index (κ2) is 6.53. The zero-order valence-electron chi connectivity index (χ0n) is 6.63. The molecule has 0 N–H and O–H groups in total. The molecule has 0 aliphatic rings. The quantitative estimate of drug-likeness (QED) is 0.560. The summed E-state index contributed by atoms with van der Waals surface area (Å²) in [6.45, 7) is 2.47. The van der Waals surface area contributed by atoms with Gasteiger partial charge in [0.05, 0.1) is 12.7 Å². The highest BCUT2D eigenvalue weighted by molar-refractivity contribution is 4.70. The van der Waals surface area contributed by atoms with Gasteiger partial charge in [-0.25, -0.2) is 0 Å². The van der Waals surface area contributed by atoms with Gasteiger partial charge in [0.25, 0.3) is 0 Å². The summed E-state index contributed by atoms with van der Waals surface area (Å²) >= 11 is 0. The minimum atomic E-state index is 0.597. The fourth-order valence-corrected chi connectivity index (χ4v) is 0.600. The van der Waals surface area contributed by atoms with Crippen molar-refractivity contribution in [1.29, 1.82) is 5.26 Å². The monoisotopic (exact) mass is 142 g/mol. The number of nitrogens with zero attached hydrogens (tertiary/aromatic N) is 2. The Morgan fingerprint density at radius 3 is 2.70 bits per heavy atom. The van der Waals surface area contributed by atoms with Crippen molar-refractivity contribution >= 4 is 0 Å². The molecule has 0 aliphatic heterocycles. The Balaban J connectivity index is 3.10. The van der Waals surface area contributed by atoms with Crippen molar-refractivity contribution in [2.24, 2.45) is 0 Å². The molecule has 0 aliphatic carbocycles. The maximum absolute atomic E-state index is 8.23. The molecule has 0 amide bonds. The number of likely N-dealkylation sites (N-methyl/N-ethyl adjacent to an activating group) is 1. The van der Waals surface area contributed by atoms with E-state index in [1.807, 2.05) is 7.05 Å². The molecular weight excluding hydrogens is 128 g/mol. The average molecular weight is 142 g/mol. The molecule has 0 bridgehead atoms. The summed E-state index contributed by atoms with van der Waals surface area (Å²) in [6.07, 6.45) is 0.597. The van der Waals surface area contributed by atoms with Crippen LogP contribution < -0.4 is 0 Å². The van der Waals surface area contributed by atoms with Gasteiger partial charge in [-0.05, 0) is 7.05 Å². The van der Waals surface area contributed by atoms with E-state index in [1.54, 1.807) is 7.11 Å². The van der Waals surface area contributed by atoms with Crippen molar-refractivity contribution < 1.29 is 4.74 Å². The van der Waals surface area contributed by atoms with E-state index < -0.39 is 0 Å². The predicted molar refractivity (Wildman–Crippen MR) is 39.6 cm³/mol. The van der Waals surface area contributed by atoms with Crippen LogP contribution in [0.4, 0.5) is 0 Å². The van der Waals surface area contributed by atoms with Gasteiger partial charge in [-0.2, -0.15) is 5.26 Å². The number of hydrogen-bond donors (Lipinski definition) is 0. The van der Waals surface area contributed by atoms with Crippen LogP contribution in [0.1, 0.15) is 6.42 Å². The summed E-state index contributed by atoms with van der Waals surface area (Å²) in [5.74, 6) is 0.